The van der Waals surface area contributed by atoms with Crippen LogP contribution in [0.5, 0.6) is 0 Å². The summed E-state index contributed by atoms with van der Waals surface area (Å²) in [6, 6.07) is 2.64. The minimum Gasteiger partial charge on any atom is -0.302 e. The van der Waals surface area contributed by atoms with Crippen LogP contribution in [0.2, 0.25) is 0 Å². The van der Waals surface area contributed by atoms with E-state index in [-0.39, 0.29) is 0 Å². The minimum absolute atomic E-state index is 0.498. The molecule has 2 heteroatoms. The van der Waals surface area contributed by atoms with Crippen molar-refractivity contribution in [1.29, 1.82) is 5.26 Å². The molecule has 0 heterocycles. The molecule has 0 aliphatic heterocycles. The molecular weight excluding hydrogens is 124 g/mol. The molecule has 56 valence electrons. The standard InChI is InChI=1S/C8H14N2/c1-7(10-6-5-9)8-3-2-4-8/h7-8,10H,2-4,6H2,1H3. The van der Waals surface area contributed by atoms with Crippen molar-refractivity contribution in [2.24, 2.45) is 5.92 Å². The molecule has 1 unspecified atom stereocenters. The van der Waals surface area contributed by atoms with E-state index in [4.69, 9.17) is 5.26 Å². The Balaban J connectivity index is 2.09. The Morgan fingerprint density at radius 2 is 2.40 bits per heavy atom. The summed E-state index contributed by atoms with van der Waals surface area (Å²) in [7, 11) is 0. The Labute approximate surface area is 62.2 Å². The number of hydrogen-bond acceptors (Lipinski definition) is 2. The zero-order valence-electron chi connectivity index (χ0n) is 6.43. The van der Waals surface area contributed by atoms with Crippen molar-refractivity contribution in [3.8, 4) is 6.07 Å². The van der Waals surface area contributed by atoms with Crippen molar-refractivity contribution in [2.45, 2.75) is 32.2 Å². The molecule has 1 aliphatic carbocycles. The monoisotopic (exact) mass is 138 g/mol. The molecule has 1 atom stereocenters. The van der Waals surface area contributed by atoms with Gasteiger partial charge in [0.1, 0.15) is 0 Å². The molecule has 0 aromatic rings. The van der Waals surface area contributed by atoms with Gasteiger partial charge in [-0.3, -0.25) is 0 Å². The maximum Gasteiger partial charge on any atom is 0.0843 e. The van der Waals surface area contributed by atoms with Crippen LogP contribution < -0.4 is 5.32 Å². The second-order valence-electron chi connectivity index (χ2n) is 3.02. The molecule has 1 rings (SSSR count). The van der Waals surface area contributed by atoms with Gasteiger partial charge in [-0.25, -0.2) is 0 Å². The summed E-state index contributed by atoms with van der Waals surface area (Å²) in [5.41, 5.74) is 0. The van der Waals surface area contributed by atoms with Crippen LogP contribution in [0.15, 0.2) is 0 Å². The topological polar surface area (TPSA) is 35.8 Å². The lowest BCUT2D eigenvalue weighted by molar-refractivity contribution is 0.246. The number of nitriles is 1. The van der Waals surface area contributed by atoms with Crippen LogP contribution in [0.3, 0.4) is 0 Å². The predicted molar refractivity (Wildman–Crippen MR) is 40.4 cm³/mol. The quantitative estimate of drug-likeness (QED) is 0.596. The average Bonchev–Trinajstić information content (AvgIpc) is 1.79. The first-order chi connectivity index (χ1) is 4.84. The maximum atomic E-state index is 8.28. The number of nitrogens with zero attached hydrogens (tertiary/aromatic N) is 1. The fraction of sp³-hybridized carbons (Fsp3) is 0.875. The van der Waals surface area contributed by atoms with Gasteiger partial charge in [0.2, 0.25) is 0 Å². The lowest BCUT2D eigenvalue weighted by Crippen LogP contribution is -2.37. The molecule has 2 nitrogen and oxygen atoms in total. The van der Waals surface area contributed by atoms with Crippen LogP contribution in [-0.4, -0.2) is 12.6 Å². The molecule has 0 aromatic heterocycles. The third-order valence-corrected chi connectivity index (χ3v) is 2.36. The molecule has 0 saturated heterocycles. The Kier molecular flexibility index (Phi) is 2.70. The van der Waals surface area contributed by atoms with E-state index in [0.717, 1.165) is 5.92 Å². The van der Waals surface area contributed by atoms with E-state index in [2.05, 4.69) is 18.3 Å². The highest BCUT2D eigenvalue weighted by molar-refractivity contribution is 4.83. The highest BCUT2D eigenvalue weighted by Gasteiger charge is 2.22. The molecule has 10 heavy (non-hydrogen) atoms. The Bertz CT molecular complexity index is 133. The third kappa shape index (κ3) is 1.71. The molecule has 1 aliphatic rings. The van der Waals surface area contributed by atoms with Crippen molar-refractivity contribution in [3.05, 3.63) is 0 Å². The SMILES string of the molecule is CC(NCC#N)C1CCC1. The van der Waals surface area contributed by atoms with Gasteiger partial charge < -0.3 is 5.32 Å². The van der Waals surface area contributed by atoms with Gasteiger partial charge in [-0.1, -0.05) is 6.42 Å². The number of hydrogen-bond donors (Lipinski definition) is 1. The van der Waals surface area contributed by atoms with E-state index >= 15 is 0 Å². The summed E-state index contributed by atoms with van der Waals surface area (Å²) in [6.07, 6.45) is 4.07. The Morgan fingerprint density at radius 1 is 1.70 bits per heavy atom. The summed E-state index contributed by atoms with van der Waals surface area (Å²) in [5, 5.41) is 11.4. The molecule has 0 radical (unpaired) electrons. The van der Waals surface area contributed by atoms with Crippen molar-refractivity contribution in [3.63, 3.8) is 0 Å². The number of nitrogens with one attached hydrogen (secondary N) is 1. The first kappa shape index (κ1) is 7.56. The predicted octanol–water partition coefficient (Wildman–Crippen LogP) is 1.29. The molecule has 0 bridgehead atoms. The van der Waals surface area contributed by atoms with Gasteiger partial charge in [0, 0.05) is 6.04 Å². The Hall–Kier alpha value is -0.550. The van der Waals surface area contributed by atoms with Gasteiger partial charge in [0.25, 0.3) is 0 Å². The second kappa shape index (κ2) is 3.58. The van der Waals surface area contributed by atoms with E-state index in [1.165, 1.54) is 19.3 Å². The third-order valence-electron chi connectivity index (χ3n) is 2.36. The molecule has 0 amide bonds. The van der Waals surface area contributed by atoms with Gasteiger partial charge in [-0.2, -0.15) is 5.26 Å². The van der Waals surface area contributed by atoms with Crippen LogP contribution in [-0.2, 0) is 0 Å². The fourth-order valence-electron chi connectivity index (χ4n) is 1.31. The maximum absolute atomic E-state index is 8.28. The molecular formula is C8H14N2. The van der Waals surface area contributed by atoms with E-state index in [9.17, 15) is 0 Å². The van der Waals surface area contributed by atoms with Crippen LogP contribution in [0, 0.1) is 17.2 Å². The zero-order valence-corrected chi connectivity index (χ0v) is 6.43. The minimum atomic E-state index is 0.498. The van der Waals surface area contributed by atoms with Gasteiger partial charge in [-0.15, -0.1) is 0 Å². The highest BCUT2D eigenvalue weighted by atomic mass is 14.9. The fourth-order valence-corrected chi connectivity index (χ4v) is 1.31. The molecule has 1 N–H and O–H groups in total. The summed E-state index contributed by atoms with van der Waals surface area (Å²) in [6.45, 7) is 2.67. The van der Waals surface area contributed by atoms with Crippen molar-refractivity contribution in [1.82, 2.24) is 5.32 Å². The lowest BCUT2D eigenvalue weighted by atomic mass is 9.80. The van der Waals surface area contributed by atoms with Gasteiger partial charge in [0.05, 0.1) is 12.6 Å². The van der Waals surface area contributed by atoms with Gasteiger partial charge >= 0.3 is 0 Å². The van der Waals surface area contributed by atoms with E-state index in [1.54, 1.807) is 0 Å². The summed E-state index contributed by atoms with van der Waals surface area (Å²) < 4.78 is 0. The van der Waals surface area contributed by atoms with Crippen molar-refractivity contribution >= 4 is 0 Å². The van der Waals surface area contributed by atoms with Crippen LogP contribution in [0.4, 0.5) is 0 Å². The lowest BCUT2D eigenvalue weighted by Gasteiger charge is -2.31. The smallest absolute Gasteiger partial charge is 0.0843 e. The van der Waals surface area contributed by atoms with E-state index in [0.29, 0.717) is 12.6 Å². The molecule has 1 fully saturated rings. The molecule has 0 aromatic carbocycles. The van der Waals surface area contributed by atoms with Crippen LogP contribution >= 0.6 is 0 Å². The van der Waals surface area contributed by atoms with E-state index < -0.39 is 0 Å². The zero-order chi connectivity index (χ0) is 7.40. The van der Waals surface area contributed by atoms with Crippen molar-refractivity contribution < 1.29 is 0 Å². The molecule has 0 spiro atoms. The normalized spacial score (nSPS) is 21.2. The van der Waals surface area contributed by atoms with Crippen LogP contribution in [0.1, 0.15) is 26.2 Å². The Morgan fingerprint density at radius 3 is 2.80 bits per heavy atom. The van der Waals surface area contributed by atoms with Crippen molar-refractivity contribution in [2.75, 3.05) is 6.54 Å². The van der Waals surface area contributed by atoms with E-state index in [1.807, 2.05) is 0 Å². The van der Waals surface area contributed by atoms with Gasteiger partial charge in [-0.05, 0) is 25.7 Å². The highest BCUT2D eigenvalue weighted by Crippen LogP contribution is 2.29. The summed E-state index contributed by atoms with van der Waals surface area (Å²) in [5.74, 6) is 0.841. The summed E-state index contributed by atoms with van der Waals surface area (Å²) in [4.78, 5) is 0. The summed E-state index contributed by atoms with van der Waals surface area (Å²) >= 11 is 0. The molecule has 1 saturated carbocycles. The first-order valence-electron chi connectivity index (χ1n) is 3.95. The average molecular weight is 138 g/mol. The number of rotatable bonds is 3. The van der Waals surface area contributed by atoms with Gasteiger partial charge in [0.15, 0.2) is 0 Å². The second-order valence-corrected chi connectivity index (χ2v) is 3.02. The van der Waals surface area contributed by atoms with Crippen LogP contribution in [0.25, 0.3) is 0 Å². The largest absolute Gasteiger partial charge is 0.302 e. The first-order valence-corrected chi connectivity index (χ1v) is 3.95.